The number of benzene rings is 2. The molecule has 0 spiro atoms. The van der Waals surface area contributed by atoms with Crippen LogP contribution in [0.2, 0.25) is 0 Å². The molecule has 0 fully saturated rings. The predicted octanol–water partition coefficient (Wildman–Crippen LogP) is 3.39. The van der Waals surface area contributed by atoms with E-state index < -0.39 is 17.4 Å². The molecule has 0 aliphatic rings. The van der Waals surface area contributed by atoms with Crippen LogP contribution in [0.15, 0.2) is 42.5 Å². The van der Waals surface area contributed by atoms with Crippen LogP contribution in [0.3, 0.4) is 0 Å². The lowest BCUT2D eigenvalue weighted by Crippen LogP contribution is -2.28. The SMILES string of the molecule is [B][C@@H](C(=O)OC(C)(C)C)c1ccc2ccccc2c1. The van der Waals surface area contributed by atoms with Gasteiger partial charge in [-0.2, -0.15) is 0 Å². The highest BCUT2D eigenvalue weighted by Gasteiger charge is 2.22. The predicted molar refractivity (Wildman–Crippen MR) is 78.3 cm³/mol. The van der Waals surface area contributed by atoms with Gasteiger partial charge in [0, 0.05) is 5.82 Å². The first-order valence-corrected chi connectivity index (χ1v) is 6.34. The highest BCUT2D eigenvalue weighted by molar-refractivity contribution is 6.23. The third-order valence-corrected chi connectivity index (χ3v) is 2.79. The maximum atomic E-state index is 11.9. The summed E-state index contributed by atoms with van der Waals surface area (Å²) in [6, 6.07) is 13.7. The van der Waals surface area contributed by atoms with Crippen LogP contribution in [0.4, 0.5) is 0 Å². The van der Waals surface area contributed by atoms with Crippen LogP contribution in [0.5, 0.6) is 0 Å². The third kappa shape index (κ3) is 3.37. The lowest BCUT2D eigenvalue weighted by atomic mass is 9.80. The zero-order valence-electron chi connectivity index (χ0n) is 11.5. The first-order chi connectivity index (χ1) is 8.87. The Balaban J connectivity index is 2.26. The maximum absolute atomic E-state index is 11.9. The number of rotatable bonds is 2. The number of hydrogen-bond acceptors (Lipinski definition) is 2. The van der Waals surface area contributed by atoms with Gasteiger partial charge in [-0.3, -0.25) is 4.79 Å². The largest absolute Gasteiger partial charge is 0.460 e. The Hall–Kier alpha value is -1.77. The van der Waals surface area contributed by atoms with Gasteiger partial charge >= 0.3 is 5.97 Å². The molecule has 0 saturated carbocycles. The van der Waals surface area contributed by atoms with Crippen LogP contribution in [0.1, 0.15) is 32.2 Å². The van der Waals surface area contributed by atoms with Crippen molar-refractivity contribution in [3.05, 3.63) is 48.0 Å². The van der Waals surface area contributed by atoms with Crippen LogP contribution in [-0.2, 0) is 9.53 Å². The fourth-order valence-electron chi connectivity index (χ4n) is 1.90. The van der Waals surface area contributed by atoms with Gasteiger partial charge in [0.25, 0.3) is 0 Å². The molecule has 1 atom stereocenters. The first kappa shape index (κ1) is 13.7. The van der Waals surface area contributed by atoms with Crippen LogP contribution in [-0.4, -0.2) is 19.4 Å². The summed E-state index contributed by atoms with van der Waals surface area (Å²) in [5.74, 6) is -1.15. The molecule has 0 heterocycles. The number of fused-ring (bicyclic) bond motifs is 1. The second kappa shape index (κ2) is 5.08. The van der Waals surface area contributed by atoms with Gasteiger partial charge in [-0.05, 0) is 37.1 Å². The van der Waals surface area contributed by atoms with Crippen molar-refractivity contribution in [1.82, 2.24) is 0 Å². The van der Waals surface area contributed by atoms with E-state index in [0.29, 0.717) is 0 Å². The molecular weight excluding hydrogens is 235 g/mol. The summed E-state index contributed by atoms with van der Waals surface area (Å²) in [5, 5.41) is 2.20. The average Bonchev–Trinajstić information content (AvgIpc) is 2.35. The van der Waals surface area contributed by atoms with Crippen LogP contribution >= 0.6 is 0 Å². The lowest BCUT2D eigenvalue weighted by molar-refractivity contribution is -0.154. The Morgan fingerprint density at radius 3 is 2.37 bits per heavy atom. The second-order valence-electron chi connectivity index (χ2n) is 5.62. The summed E-state index contributed by atoms with van der Waals surface area (Å²) in [5.41, 5.74) is 0.249. The van der Waals surface area contributed by atoms with Crippen LogP contribution in [0.25, 0.3) is 10.8 Å². The smallest absolute Gasteiger partial charge is 0.304 e. The van der Waals surface area contributed by atoms with E-state index in [9.17, 15) is 4.79 Å². The third-order valence-electron chi connectivity index (χ3n) is 2.79. The number of carbonyl (C=O) groups is 1. The van der Waals surface area contributed by atoms with E-state index in [-0.39, 0.29) is 0 Å². The molecule has 2 aromatic rings. The van der Waals surface area contributed by atoms with Gasteiger partial charge in [-0.1, -0.05) is 42.5 Å². The zero-order valence-corrected chi connectivity index (χ0v) is 11.5. The summed E-state index contributed by atoms with van der Waals surface area (Å²) in [7, 11) is 5.96. The number of esters is 1. The Bertz CT molecular complexity index is 599. The molecule has 2 nitrogen and oxygen atoms in total. The topological polar surface area (TPSA) is 26.3 Å². The van der Waals surface area contributed by atoms with Crippen molar-refractivity contribution in [3.8, 4) is 0 Å². The van der Waals surface area contributed by atoms with Crippen molar-refractivity contribution in [1.29, 1.82) is 0 Å². The number of ether oxygens (including phenoxy) is 1. The molecule has 0 saturated heterocycles. The normalized spacial score (nSPS) is 13.2. The number of carbonyl (C=O) groups excluding carboxylic acids is 1. The van der Waals surface area contributed by atoms with E-state index in [2.05, 4.69) is 0 Å². The van der Waals surface area contributed by atoms with Gasteiger partial charge in [0.15, 0.2) is 0 Å². The van der Waals surface area contributed by atoms with Gasteiger partial charge in [-0.25, -0.2) is 0 Å². The van der Waals surface area contributed by atoms with Gasteiger partial charge in [0.1, 0.15) is 5.60 Å². The molecule has 2 rings (SSSR count). The summed E-state index contributed by atoms with van der Waals surface area (Å²) in [6.07, 6.45) is 0. The molecule has 0 bridgehead atoms. The molecule has 19 heavy (non-hydrogen) atoms. The van der Waals surface area contributed by atoms with Crippen molar-refractivity contribution < 1.29 is 9.53 Å². The standard InChI is InChI=1S/C16H17BO2/c1-16(2,3)19-15(18)14(17)13-9-8-11-6-4-5-7-12(11)10-13/h4-10,14H,1-3H3/t14-/m1/s1. The quantitative estimate of drug-likeness (QED) is 0.604. The molecule has 0 amide bonds. The molecule has 0 aliphatic carbocycles. The molecule has 2 radical (unpaired) electrons. The summed E-state index contributed by atoms with van der Waals surface area (Å²) in [6.45, 7) is 5.49. The minimum Gasteiger partial charge on any atom is -0.460 e. The fraction of sp³-hybridized carbons (Fsp3) is 0.312. The maximum Gasteiger partial charge on any atom is 0.304 e. The van der Waals surface area contributed by atoms with Gasteiger partial charge in [0.05, 0.1) is 7.85 Å². The van der Waals surface area contributed by atoms with Crippen molar-refractivity contribution in [2.24, 2.45) is 0 Å². The van der Waals surface area contributed by atoms with E-state index in [4.69, 9.17) is 12.6 Å². The van der Waals surface area contributed by atoms with Crippen LogP contribution < -0.4 is 0 Å². The number of hydrogen-bond donors (Lipinski definition) is 0. The summed E-state index contributed by atoms with van der Waals surface area (Å²) in [4.78, 5) is 11.9. The summed E-state index contributed by atoms with van der Waals surface area (Å²) < 4.78 is 5.30. The zero-order chi connectivity index (χ0) is 14.0. The minimum absolute atomic E-state index is 0.400. The fourth-order valence-corrected chi connectivity index (χ4v) is 1.90. The Kier molecular flexibility index (Phi) is 3.65. The van der Waals surface area contributed by atoms with E-state index in [1.807, 2.05) is 63.2 Å². The Labute approximate surface area is 115 Å². The Morgan fingerprint density at radius 1 is 1.11 bits per heavy atom. The van der Waals surface area contributed by atoms with Crippen LogP contribution in [0, 0.1) is 0 Å². The molecule has 0 N–H and O–H groups in total. The van der Waals surface area contributed by atoms with E-state index in [0.717, 1.165) is 16.3 Å². The van der Waals surface area contributed by atoms with Crippen molar-refractivity contribution in [2.45, 2.75) is 32.2 Å². The molecule has 2 aromatic carbocycles. The minimum atomic E-state index is -0.746. The van der Waals surface area contributed by atoms with Crippen molar-refractivity contribution in [3.63, 3.8) is 0 Å². The molecule has 0 aliphatic heterocycles. The second-order valence-corrected chi connectivity index (χ2v) is 5.62. The van der Waals surface area contributed by atoms with Crippen molar-refractivity contribution >= 4 is 24.6 Å². The van der Waals surface area contributed by atoms with Gasteiger partial charge < -0.3 is 4.74 Å². The highest BCUT2D eigenvalue weighted by Crippen LogP contribution is 2.22. The monoisotopic (exact) mass is 252 g/mol. The molecular formula is C16H17BO2. The summed E-state index contributed by atoms with van der Waals surface area (Å²) >= 11 is 0. The molecule has 96 valence electrons. The van der Waals surface area contributed by atoms with Crippen molar-refractivity contribution in [2.75, 3.05) is 0 Å². The molecule has 0 aromatic heterocycles. The van der Waals surface area contributed by atoms with E-state index >= 15 is 0 Å². The average molecular weight is 252 g/mol. The van der Waals surface area contributed by atoms with Gasteiger partial charge in [0.2, 0.25) is 0 Å². The lowest BCUT2D eigenvalue weighted by Gasteiger charge is -2.22. The van der Waals surface area contributed by atoms with E-state index in [1.54, 1.807) is 0 Å². The van der Waals surface area contributed by atoms with Gasteiger partial charge in [-0.15, -0.1) is 0 Å². The molecule has 3 heteroatoms. The first-order valence-electron chi connectivity index (χ1n) is 6.34. The van der Waals surface area contributed by atoms with E-state index in [1.165, 1.54) is 0 Å². The highest BCUT2D eigenvalue weighted by atomic mass is 16.6. The Morgan fingerprint density at radius 2 is 1.74 bits per heavy atom. The molecule has 0 unspecified atom stereocenters.